The van der Waals surface area contributed by atoms with Gasteiger partial charge in [-0.2, -0.15) is 4.98 Å². The number of carbonyl (C=O) groups is 1. The number of halogens is 1. The average molecular weight is 317 g/mol. The van der Waals surface area contributed by atoms with Crippen LogP contribution in [0.4, 0.5) is 0 Å². The van der Waals surface area contributed by atoms with Crippen molar-refractivity contribution in [3.05, 3.63) is 11.7 Å². The van der Waals surface area contributed by atoms with Gasteiger partial charge in [-0.1, -0.05) is 12.1 Å². The fourth-order valence-electron chi connectivity index (χ4n) is 2.65. The molecule has 0 saturated carbocycles. The van der Waals surface area contributed by atoms with E-state index in [1.807, 2.05) is 0 Å². The molecule has 0 aromatic carbocycles. The fraction of sp³-hybridized carbons (Fsp3) is 0.786. The molecule has 6 nitrogen and oxygen atoms in total. The van der Waals surface area contributed by atoms with Crippen molar-refractivity contribution in [1.82, 2.24) is 20.8 Å². The van der Waals surface area contributed by atoms with E-state index >= 15 is 0 Å². The van der Waals surface area contributed by atoms with Gasteiger partial charge in [0.25, 0.3) is 0 Å². The summed E-state index contributed by atoms with van der Waals surface area (Å²) in [5.41, 5.74) is 0. The summed E-state index contributed by atoms with van der Waals surface area (Å²) in [5.74, 6) is 2.36. The zero-order chi connectivity index (χ0) is 14.4. The molecular weight excluding hydrogens is 292 g/mol. The second-order valence-corrected chi connectivity index (χ2v) is 5.62. The molecule has 1 amide bonds. The van der Waals surface area contributed by atoms with E-state index in [0.717, 1.165) is 13.1 Å². The lowest BCUT2D eigenvalue weighted by Crippen LogP contribution is -2.36. The zero-order valence-corrected chi connectivity index (χ0v) is 13.5. The summed E-state index contributed by atoms with van der Waals surface area (Å²) in [5, 5.41) is 10.0. The van der Waals surface area contributed by atoms with Gasteiger partial charge in [0.15, 0.2) is 5.82 Å². The Kier molecular flexibility index (Phi) is 7.67. The minimum Gasteiger partial charge on any atom is -0.356 e. The molecule has 0 aliphatic carbocycles. The highest BCUT2D eigenvalue weighted by atomic mass is 35.5. The maximum Gasteiger partial charge on any atom is 0.228 e. The van der Waals surface area contributed by atoms with Gasteiger partial charge < -0.3 is 15.2 Å². The van der Waals surface area contributed by atoms with Crippen LogP contribution < -0.4 is 10.6 Å². The number of aromatic nitrogens is 2. The van der Waals surface area contributed by atoms with Gasteiger partial charge in [-0.15, -0.1) is 12.4 Å². The molecule has 0 radical (unpaired) electrons. The lowest BCUT2D eigenvalue weighted by atomic mass is 9.85. The maximum atomic E-state index is 11.9. The number of nitrogens with one attached hydrogen (secondary N) is 2. The molecule has 2 rings (SSSR count). The SMILES string of the molecule is Cc1noc(CCNC(=O)CC(C)C2CCCNC2)n1.Cl. The Morgan fingerprint density at radius 1 is 1.57 bits per heavy atom. The molecule has 1 fully saturated rings. The minimum atomic E-state index is 0. The number of piperidine rings is 1. The predicted octanol–water partition coefficient (Wildman–Crippen LogP) is 1.48. The number of rotatable bonds is 6. The van der Waals surface area contributed by atoms with Crippen LogP contribution in [0.1, 0.15) is 37.9 Å². The third-order valence-corrected chi connectivity index (χ3v) is 3.88. The molecule has 0 bridgehead atoms. The predicted molar refractivity (Wildman–Crippen MR) is 82.4 cm³/mol. The first-order valence-corrected chi connectivity index (χ1v) is 7.41. The number of aryl methyl sites for hydroxylation is 1. The van der Waals surface area contributed by atoms with Crippen LogP contribution in [0.5, 0.6) is 0 Å². The van der Waals surface area contributed by atoms with Crippen molar-refractivity contribution in [2.75, 3.05) is 19.6 Å². The summed E-state index contributed by atoms with van der Waals surface area (Å²) in [7, 11) is 0. The summed E-state index contributed by atoms with van der Waals surface area (Å²) in [6.45, 7) is 6.65. The van der Waals surface area contributed by atoms with Crippen LogP contribution in [0.3, 0.4) is 0 Å². The van der Waals surface area contributed by atoms with E-state index in [1.54, 1.807) is 6.92 Å². The first-order valence-electron chi connectivity index (χ1n) is 7.41. The van der Waals surface area contributed by atoms with Crippen molar-refractivity contribution in [3.63, 3.8) is 0 Å². The van der Waals surface area contributed by atoms with E-state index < -0.39 is 0 Å². The second kappa shape index (κ2) is 9.00. The molecule has 1 aliphatic heterocycles. The van der Waals surface area contributed by atoms with Crippen LogP contribution >= 0.6 is 12.4 Å². The highest BCUT2D eigenvalue weighted by Gasteiger charge is 2.21. The molecule has 120 valence electrons. The molecule has 2 atom stereocenters. The molecule has 7 heteroatoms. The van der Waals surface area contributed by atoms with E-state index in [2.05, 4.69) is 27.7 Å². The monoisotopic (exact) mass is 316 g/mol. The van der Waals surface area contributed by atoms with Crippen molar-refractivity contribution >= 4 is 18.3 Å². The van der Waals surface area contributed by atoms with Crippen LogP contribution in [-0.4, -0.2) is 35.7 Å². The zero-order valence-electron chi connectivity index (χ0n) is 12.7. The smallest absolute Gasteiger partial charge is 0.228 e. The quantitative estimate of drug-likeness (QED) is 0.831. The number of hydrogen-bond donors (Lipinski definition) is 2. The fourth-order valence-corrected chi connectivity index (χ4v) is 2.65. The maximum absolute atomic E-state index is 11.9. The van der Waals surface area contributed by atoms with Gasteiger partial charge in [0.1, 0.15) is 0 Å². The van der Waals surface area contributed by atoms with Gasteiger partial charge in [0.05, 0.1) is 0 Å². The Morgan fingerprint density at radius 2 is 2.38 bits per heavy atom. The molecule has 1 aromatic heterocycles. The first kappa shape index (κ1) is 17.9. The van der Waals surface area contributed by atoms with Gasteiger partial charge in [-0.25, -0.2) is 0 Å². The third kappa shape index (κ3) is 6.01. The summed E-state index contributed by atoms with van der Waals surface area (Å²) in [4.78, 5) is 16.0. The van der Waals surface area contributed by atoms with Gasteiger partial charge in [0.2, 0.25) is 11.8 Å². The standard InChI is InChI=1S/C14H24N4O2.ClH/c1-10(12-4-3-6-15-9-12)8-13(19)16-7-5-14-17-11(2)18-20-14;/h10,12,15H,3-9H2,1-2H3,(H,16,19);1H. The van der Waals surface area contributed by atoms with Crippen molar-refractivity contribution in [2.45, 2.75) is 39.5 Å². The van der Waals surface area contributed by atoms with Crippen LogP contribution in [-0.2, 0) is 11.2 Å². The number of hydrogen-bond acceptors (Lipinski definition) is 5. The normalized spacial score (nSPS) is 19.6. The first-order chi connectivity index (χ1) is 9.65. The summed E-state index contributed by atoms with van der Waals surface area (Å²) in [6, 6.07) is 0. The van der Waals surface area contributed by atoms with Gasteiger partial charge in [0, 0.05) is 19.4 Å². The Hall–Kier alpha value is -1.14. The topological polar surface area (TPSA) is 80.0 Å². The molecule has 0 spiro atoms. The molecule has 2 N–H and O–H groups in total. The molecular formula is C14H25ClN4O2. The number of nitrogens with zero attached hydrogens (tertiary/aromatic N) is 2. The Labute approximate surface area is 131 Å². The van der Waals surface area contributed by atoms with Gasteiger partial charge >= 0.3 is 0 Å². The van der Waals surface area contributed by atoms with Crippen molar-refractivity contribution < 1.29 is 9.32 Å². The van der Waals surface area contributed by atoms with Gasteiger partial charge in [-0.3, -0.25) is 4.79 Å². The van der Waals surface area contributed by atoms with Crippen LogP contribution in [0, 0.1) is 18.8 Å². The number of carbonyl (C=O) groups excluding carboxylic acids is 1. The Balaban J connectivity index is 0.00000220. The van der Waals surface area contributed by atoms with E-state index in [0.29, 0.717) is 42.9 Å². The van der Waals surface area contributed by atoms with Gasteiger partial charge in [-0.05, 0) is 44.7 Å². The van der Waals surface area contributed by atoms with Crippen LogP contribution in [0.2, 0.25) is 0 Å². The van der Waals surface area contributed by atoms with Crippen LogP contribution in [0.25, 0.3) is 0 Å². The van der Waals surface area contributed by atoms with Crippen LogP contribution in [0.15, 0.2) is 4.52 Å². The van der Waals surface area contributed by atoms with E-state index in [4.69, 9.17) is 4.52 Å². The Bertz CT molecular complexity index is 432. The highest BCUT2D eigenvalue weighted by molar-refractivity contribution is 5.85. The molecule has 2 heterocycles. The lowest BCUT2D eigenvalue weighted by molar-refractivity contribution is -0.122. The van der Waals surface area contributed by atoms with E-state index in [1.165, 1.54) is 12.8 Å². The second-order valence-electron chi connectivity index (χ2n) is 5.62. The minimum absolute atomic E-state index is 0. The molecule has 1 saturated heterocycles. The molecule has 2 unspecified atom stereocenters. The van der Waals surface area contributed by atoms with Crippen molar-refractivity contribution in [3.8, 4) is 0 Å². The Morgan fingerprint density at radius 3 is 3.00 bits per heavy atom. The summed E-state index contributed by atoms with van der Waals surface area (Å²) < 4.78 is 5.00. The van der Waals surface area contributed by atoms with E-state index in [-0.39, 0.29) is 18.3 Å². The molecule has 1 aliphatic rings. The van der Waals surface area contributed by atoms with Crippen molar-refractivity contribution in [2.24, 2.45) is 11.8 Å². The summed E-state index contributed by atoms with van der Waals surface area (Å²) in [6.07, 6.45) is 3.62. The largest absolute Gasteiger partial charge is 0.356 e. The lowest BCUT2D eigenvalue weighted by Gasteiger charge is -2.27. The van der Waals surface area contributed by atoms with Crippen molar-refractivity contribution in [1.29, 1.82) is 0 Å². The highest BCUT2D eigenvalue weighted by Crippen LogP contribution is 2.22. The van der Waals surface area contributed by atoms with E-state index in [9.17, 15) is 4.79 Å². The third-order valence-electron chi connectivity index (χ3n) is 3.88. The average Bonchev–Trinajstić information content (AvgIpc) is 2.85. The summed E-state index contributed by atoms with van der Waals surface area (Å²) >= 11 is 0. The number of amides is 1. The molecule has 21 heavy (non-hydrogen) atoms. The molecule has 1 aromatic rings.